The molecule has 26 heavy (non-hydrogen) atoms. The Balaban J connectivity index is 1.41. The number of carbonyl (C=O) groups excluding carboxylic acids is 2. The topological polar surface area (TPSA) is 43.9 Å². The van der Waals surface area contributed by atoms with Crippen LogP contribution in [0.2, 0.25) is 0 Å². The molecule has 2 aliphatic carbocycles. The van der Waals surface area contributed by atoms with E-state index in [-0.39, 0.29) is 29.3 Å². The third-order valence-electron chi connectivity index (χ3n) is 7.47. The van der Waals surface area contributed by atoms with Gasteiger partial charge in [-0.3, -0.25) is 14.5 Å². The van der Waals surface area contributed by atoms with E-state index in [0.717, 1.165) is 57.9 Å². The van der Waals surface area contributed by atoms with E-state index in [1.807, 2.05) is 18.7 Å². The standard InChI is InChI=1S/C21H35N3O2/c1-16(2)24-18(21(20(24)26)10-6-7-11-21)19(25)23-14-12-22(13-15-23)17-8-4-3-5-9-17/h16-18H,3-15H2,1-2H3. The summed E-state index contributed by atoms with van der Waals surface area (Å²) in [6.07, 6.45) is 10.8. The van der Waals surface area contributed by atoms with Crippen LogP contribution in [0.5, 0.6) is 0 Å². The predicted octanol–water partition coefficient (Wildman–Crippen LogP) is 2.64. The molecule has 5 nitrogen and oxygen atoms in total. The average molecular weight is 362 g/mol. The van der Waals surface area contributed by atoms with E-state index in [0.29, 0.717) is 0 Å². The van der Waals surface area contributed by atoms with Crippen molar-refractivity contribution in [2.75, 3.05) is 26.2 Å². The molecule has 5 heteroatoms. The fraction of sp³-hybridized carbons (Fsp3) is 0.905. The Morgan fingerprint density at radius 2 is 1.58 bits per heavy atom. The normalized spacial score (nSPS) is 30.3. The molecular weight excluding hydrogens is 326 g/mol. The highest BCUT2D eigenvalue weighted by Gasteiger charge is 2.65. The lowest BCUT2D eigenvalue weighted by molar-refractivity contribution is -0.185. The number of carbonyl (C=O) groups is 2. The van der Waals surface area contributed by atoms with E-state index in [9.17, 15) is 9.59 Å². The third kappa shape index (κ3) is 2.87. The Kier molecular flexibility index (Phi) is 5.02. The molecule has 1 unspecified atom stereocenters. The van der Waals surface area contributed by atoms with Crippen molar-refractivity contribution in [1.82, 2.24) is 14.7 Å². The molecule has 2 saturated carbocycles. The molecule has 0 aromatic rings. The highest BCUT2D eigenvalue weighted by atomic mass is 16.2. The summed E-state index contributed by atoms with van der Waals surface area (Å²) in [4.78, 5) is 32.8. The zero-order valence-corrected chi connectivity index (χ0v) is 16.6. The van der Waals surface area contributed by atoms with E-state index < -0.39 is 0 Å². The summed E-state index contributed by atoms with van der Waals surface area (Å²) < 4.78 is 0. The van der Waals surface area contributed by atoms with Gasteiger partial charge in [-0.15, -0.1) is 0 Å². The Morgan fingerprint density at radius 1 is 0.962 bits per heavy atom. The summed E-state index contributed by atoms with van der Waals surface area (Å²) in [5, 5.41) is 0. The van der Waals surface area contributed by atoms with Crippen molar-refractivity contribution in [3.63, 3.8) is 0 Å². The number of amides is 2. The van der Waals surface area contributed by atoms with Crippen molar-refractivity contribution in [3.8, 4) is 0 Å². The first kappa shape index (κ1) is 18.3. The maximum absolute atomic E-state index is 13.4. The minimum atomic E-state index is -0.359. The van der Waals surface area contributed by atoms with Crippen molar-refractivity contribution in [2.45, 2.75) is 89.8 Å². The first-order chi connectivity index (χ1) is 12.5. The molecule has 0 N–H and O–H groups in total. The number of hydrogen-bond donors (Lipinski definition) is 0. The second kappa shape index (κ2) is 7.14. The van der Waals surface area contributed by atoms with Gasteiger partial charge in [0.15, 0.2) is 0 Å². The number of nitrogens with zero attached hydrogens (tertiary/aromatic N) is 3. The summed E-state index contributed by atoms with van der Waals surface area (Å²) >= 11 is 0. The zero-order valence-electron chi connectivity index (χ0n) is 16.6. The molecule has 146 valence electrons. The third-order valence-corrected chi connectivity index (χ3v) is 7.47. The summed E-state index contributed by atoms with van der Waals surface area (Å²) in [5.41, 5.74) is -0.359. The molecule has 1 atom stereocenters. The molecule has 4 aliphatic rings. The highest BCUT2D eigenvalue weighted by molar-refractivity contribution is 6.02. The van der Waals surface area contributed by atoms with Gasteiger partial charge < -0.3 is 9.80 Å². The van der Waals surface area contributed by atoms with Crippen LogP contribution in [0.15, 0.2) is 0 Å². The van der Waals surface area contributed by atoms with Crippen LogP contribution < -0.4 is 0 Å². The van der Waals surface area contributed by atoms with Crippen LogP contribution in [0.25, 0.3) is 0 Å². The maximum atomic E-state index is 13.4. The van der Waals surface area contributed by atoms with Crippen molar-refractivity contribution >= 4 is 11.8 Å². The molecule has 4 rings (SSSR count). The van der Waals surface area contributed by atoms with Crippen LogP contribution in [0.1, 0.15) is 71.6 Å². The molecule has 1 spiro atoms. The number of β-lactam (4-membered cyclic amide) rings is 1. The van der Waals surface area contributed by atoms with Crippen LogP contribution in [0, 0.1) is 5.41 Å². The van der Waals surface area contributed by atoms with Crippen molar-refractivity contribution in [1.29, 1.82) is 0 Å². The van der Waals surface area contributed by atoms with Gasteiger partial charge in [0, 0.05) is 38.3 Å². The number of rotatable bonds is 3. The molecular formula is C21H35N3O2. The Morgan fingerprint density at radius 3 is 2.15 bits per heavy atom. The highest BCUT2D eigenvalue weighted by Crippen LogP contribution is 2.52. The Bertz CT molecular complexity index is 541. The smallest absolute Gasteiger partial charge is 0.246 e. The second-order valence-corrected chi connectivity index (χ2v) is 9.23. The molecule has 2 saturated heterocycles. The van der Waals surface area contributed by atoms with Crippen LogP contribution in [-0.4, -0.2) is 70.8 Å². The Hall–Kier alpha value is -1.10. The number of piperazine rings is 1. The van der Waals surface area contributed by atoms with E-state index in [4.69, 9.17) is 0 Å². The van der Waals surface area contributed by atoms with Crippen LogP contribution in [-0.2, 0) is 9.59 Å². The van der Waals surface area contributed by atoms with Gasteiger partial charge >= 0.3 is 0 Å². The van der Waals surface area contributed by atoms with Crippen molar-refractivity contribution < 1.29 is 9.59 Å². The van der Waals surface area contributed by atoms with Gasteiger partial charge in [0.05, 0.1) is 5.41 Å². The molecule has 2 aliphatic heterocycles. The SMILES string of the molecule is CC(C)N1C(=O)C2(CCCC2)C1C(=O)N1CCN(C2CCCCC2)CC1. The van der Waals surface area contributed by atoms with E-state index in [2.05, 4.69) is 9.80 Å². The lowest BCUT2D eigenvalue weighted by Gasteiger charge is -2.57. The quantitative estimate of drug-likeness (QED) is 0.726. The molecule has 4 fully saturated rings. The molecule has 0 aromatic carbocycles. The first-order valence-corrected chi connectivity index (χ1v) is 10.9. The molecule has 0 radical (unpaired) electrons. The maximum Gasteiger partial charge on any atom is 0.246 e. The lowest BCUT2D eigenvalue weighted by atomic mass is 9.67. The minimum absolute atomic E-state index is 0.117. The van der Waals surface area contributed by atoms with Crippen molar-refractivity contribution in [3.05, 3.63) is 0 Å². The molecule has 0 bridgehead atoms. The molecule has 2 heterocycles. The van der Waals surface area contributed by atoms with E-state index in [1.165, 1.54) is 32.1 Å². The minimum Gasteiger partial charge on any atom is -0.338 e. The van der Waals surface area contributed by atoms with Gasteiger partial charge in [-0.05, 0) is 39.5 Å². The largest absolute Gasteiger partial charge is 0.338 e. The predicted molar refractivity (Wildman–Crippen MR) is 102 cm³/mol. The number of hydrogen-bond acceptors (Lipinski definition) is 3. The monoisotopic (exact) mass is 361 g/mol. The van der Waals surface area contributed by atoms with Crippen molar-refractivity contribution in [2.24, 2.45) is 5.41 Å². The van der Waals surface area contributed by atoms with Gasteiger partial charge in [0.2, 0.25) is 11.8 Å². The fourth-order valence-electron chi connectivity index (χ4n) is 6.00. The Labute approximate surface area is 158 Å². The van der Waals surface area contributed by atoms with E-state index in [1.54, 1.807) is 0 Å². The summed E-state index contributed by atoms with van der Waals surface area (Å²) in [6, 6.07) is 0.657. The molecule has 2 amide bonds. The van der Waals surface area contributed by atoms with E-state index >= 15 is 0 Å². The molecule has 0 aromatic heterocycles. The van der Waals surface area contributed by atoms with Crippen LogP contribution in [0.3, 0.4) is 0 Å². The fourth-order valence-corrected chi connectivity index (χ4v) is 6.00. The lowest BCUT2D eigenvalue weighted by Crippen LogP contribution is -2.75. The number of likely N-dealkylation sites (tertiary alicyclic amines) is 1. The summed E-state index contributed by atoms with van der Waals surface area (Å²) in [5.74, 6) is 0.465. The van der Waals surface area contributed by atoms with Gasteiger partial charge in [0.25, 0.3) is 0 Å². The van der Waals surface area contributed by atoms with Gasteiger partial charge in [-0.2, -0.15) is 0 Å². The van der Waals surface area contributed by atoms with Crippen LogP contribution >= 0.6 is 0 Å². The summed E-state index contributed by atoms with van der Waals surface area (Å²) in [7, 11) is 0. The second-order valence-electron chi connectivity index (χ2n) is 9.23. The van der Waals surface area contributed by atoms with Crippen LogP contribution in [0.4, 0.5) is 0 Å². The summed E-state index contributed by atoms with van der Waals surface area (Å²) in [6.45, 7) is 7.77. The zero-order chi connectivity index (χ0) is 18.3. The van der Waals surface area contributed by atoms with Gasteiger partial charge in [0.1, 0.15) is 6.04 Å². The first-order valence-electron chi connectivity index (χ1n) is 10.9. The van der Waals surface area contributed by atoms with Gasteiger partial charge in [-0.25, -0.2) is 0 Å². The van der Waals surface area contributed by atoms with Gasteiger partial charge in [-0.1, -0.05) is 32.1 Å². The average Bonchev–Trinajstić information content (AvgIpc) is 3.18.